The van der Waals surface area contributed by atoms with Crippen molar-refractivity contribution in [3.05, 3.63) is 21.7 Å². The Balaban J connectivity index is 1.51. The first-order chi connectivity index (χ1) is 13.7. The Kier molecular flexibility index (Phi) is 5.07. The van der Waals surface area contributed by atoms with Crippen LogP contribution in [0.3, 0.4) is 0 Å². The SMILES string of the molecule is C[C@@H](O)[C@H]1C(=O)N2C(C(=O)O)=C(S[C@H]3CCN(c4nc(C(N)=O)cs4)C3)[C@H](C)[C@H]12. The number of aliphatic hydroxyl groups is 1. The van der Waals surface area contributed by atoms with E-state index in [1.807, 2.05) is 6.92 Å². The average molecular weight is 439 g/mol. The molecule has 3 aliphatic rings. The van der Waals surface area contributed by atoms with Crippen molar-refractivity contribution < 1.29 is 24.6 Å². The highest BCUT2D eigenvalue weighted by atomic mass is 32.2. The first kappa shape index (κ1) is 20.2. The van der Waals surface area contributed by atoms with Crippen molar-refractivity contribution in [1.29, 1.82) is 0 Å². The molecule has 2 fully saturated rings. The summed E-state index contributed by atoms with van der Waals surface area (Å²) in [5.41, 5.74) is 5.57. The Bertz CT molecular complexity index is 914. The summed E-state index contributed by atoms with van der Waals surface area (Å²) in [7, 11) is 0. The second-order valence-electron chi connectivity index (χ2n) is 7.63. The van der Waals surface area contributed by atoms with Gasteiger partial charge in [0.05, 0.1) is 18.1 Å². The first-order valence-corrected chi connectivity index (χ1v) is 11.1. The molecular weight excluding hydrogens is 416 g/mol. The van der Waals surface area contributed by atoms with E-state index in [1.165, 1.54) is 28.0 Å². The van der Waals surface area contributed by atoms with Crippen LogP contribution in [0.5, 0.6) is 0 Å². The van der Waals surface area contributed by atoms with Crippen LogP contribution in [0.1, 0.15) is 30.8 Å². The van der Waals surface area contributed by atoms with Gasteiger partial charge < -0.3 is 25.7 Å². The summed E-state index contributed by atoms with van der Waals surface area (Å²) in [6.45, 7) is 4.90. The van der Waals surface area contributed by atoms with E-state index < -0.39 is 23.9 Å². The quantitative estimate of drug-likeness (QED) is 0.552. The first-order valence-electron chi connectivity index (χ1n) is 9.36. The number of aliphatic carboxylic acids is 1. The number of hydrogen-bond acceptors (Lipinski definition) is 8. The molecule has 4 N–H and O–H groups in total. The van der Waals surface area contributed by atoms with Gasteiger partial charge in [-0.15, -0.1) is 23.1 Å². The number of rotatable bonds is 6. The van der Waals surface area contributed by atoms with Gasteiger partial charge in [0.2, 0.25) is 5.91 Å². The van der Waals surface area contributed by atoms with Crippen LogP contribution in [-0.2, 0) is 9.59 Å². The number of carboxylic acids is 1. The Labute approximate surface area is 175 Å². The zero-order valence-corrected chi connectivity index (χ0v) is 17.6. The number of fused-ring (bicyclic) bond motifs is 1. The van der Waals surface area contributed by atoms with Crippen LogP contribution in [0.15, 0.2) is 16.0 Å². The van der Waals surface area contributed by atoms with E-state index in [0.29, 0.717) is 11.4 Å². The summed E-state index contributed by atoms with van der Waals surface area (Å²) in [5.74, 6) is -2.69. The number of primary amides is 1. The molecule has 1 aromatic rings. The molecule has 9 nitrogen and oxygen atoms in total. The number of nitrogens with zero attached hydrogens (tertiary/aromatic N) is 3. The van der Waals surface area contributed by atoms with Gasteiger partial charge >= 0.3 is 5.97 Å². The van der Waals surface area contributed by atoms with Crippen LogP contribution in [-0.4, -0.2) is 68.4 Å². The molecule has 4 heterocycles. The minimum Gasteiger partial charge on any atom is -0.477 e. The van der Waals surface area contributed by atoms with E-state index >= 15 is 0 Å². The molecular formula is C18H22N4O5S2. The third kappa shape index (κ3) is 3.21. The van der Waals surface area contributed by atoms with Crippen LogP contribution < -0.4 is 10.6 Å². The standard InChI is InChI=1S/C18H22N4O5S2/c1-7-12-11(8(2)23)16(25)22(12)13(17(26)27)14(7)29-9-3-4-21(5-9)18-20-10(6-28-18)15(19)24/h6-9,11-12,23H,3-5H2,1-2H3,(H2,19,24)(H,26,27)/t7-,8-,9+,11-,12-/m1/s1. The number of thioether (sulfide) groups is 1. The van der Waals surface area contributed by atoms with Crippen molar-refractivity contribution >= 4 is 46.0 Å². The summed E-state index contributed by atoms with van der Waals surface area (Å²) in [6, 6.07) is -0.300. The third-order valence-electron chi connectivity index (χ3n) is 5.76. The molecule has 1 aromatic heterocycles. The lowest BCUT2D eigenvalue weighted by Crippen LogP contribution is -2.63. The third-order valence-corrected chi connectivity index (χ3v) is 8.20. The molecule has 5 atom stereocenters. The Hall–Kier alpha value is -2.11. The molecule has 3 aliphatic heterocycles. The number of amides is 2. The summed E-state index contributed by atoms with van der Waals surface area (Å²) in [4.78, 5) is 44.0. The van der Waals surface area contributed by atoms with Crippen molar-refractivity contribution in [1.82, 2.24) is 9.88 Å². The average Bonchev–Trinajstić information content (AvgIpc) is 3.33. The van der Waals surface area contributed by atoms with Gasteiger partial charge in [-0.05, 0) is 13.3 Å². The van der Waals surface area contributed by atoms with Crippen LogP contribution >= 0.6 is 23.1 Å². The number of β-lactam (4-membered cyclic amide) rings is 1. The number of nitrogens with two attached hydrogens (primary N) is 1. The van der Waals surface area contributed by atoms with E-state index in [1.54, 1.807) is 12.3 Å². The molecule has 0 bridgehead atoms. The maximum atomic E-state index is 12.4. The minimum absolute atomic E-state index is 0.0538. The number of carbonyl (C=O) groups excluding carboxylic acids is 2. The number of aliphatic hydroxyl groups excluding tert-OH is 1. The number of thiazole rings is 1. The van der Waals surface area contributed by atoms with E-state index in [4.69, 9.17) is 5.73 Å². The summed E-state index contributed by atoms with van der Waals surface area (Å²) < 4.78 is 0. The molecule has 2 amide bonds. The molecule has 156 valence electrons. The second kappa shape index (κ2) is 7.29. The largest absolute Gasteiger partial charge is 0.477 e. The number of anilines is 1. The fourth-order valence-electron chi connectivity index (χ4n) is 4.38. The Morgan fingerprint density at radius 3 is 2.76 bits per heavy atom. The van der Waals surface area contributed by atoms with Crippen LogP contribution in [0.25, 0.3) is 0 Å². The number of hydrogen-bond donors (Lipinski definition) is 3. The van der Waals surface area contributed by atoms with Crippen molar-refractivity contribution in [2.75, 3.05) is 18.0 Å². The molecule has 0 unspecified atom stereocenters. The highest BCUT2D eigenvalue weighted by Crippen LogP contribution is 2.52. The molecule has 0 spiro atoms. The molecule has 0 aromatic carbocycles. The Morgan fingerprint density at radius 2 is 2.17 bits per heavy atom. The molecule has 0 radical (unpaired) electrons. The molecule has 2 saturated heterocycles. The number of aromatic nitrogens is 1. The predicted octanol–water partition coefficient (Wildman–Crippen LogP) is 0.708. The zero-order chi connectivity index (χ0) is 21.0. The number of carboxylic acid groups (broad SMARTS) is 1. The normalized spacial score (nSPS) is 29.8. The summed E-state index contributed by atoms with van der Waals surface area (Å²) in [5, 5.41) is 22.2. The lowest BCUT2D eigenvalue weighted by molar-refractivity contribution is -0.163. The van der Waals surface area contributed by atoms with Gasteiger partial charge in [-0.2, -0.15) is 0 Å². The van der Waals surface area contributed by atoms with E-state index in [0.717, 1.165) is 18.1 Å². The van der Waals surface area contributed by atoms with E-state index in [9.17, 15) is 24.6 Å². The maximum Gasteiger partial charge on any atom is 0.353 e. The van der Waals surface area contributed by atoms with Gasteiger partial charge in [0.15, 0.2) is 5.13 Å². The number of carbonyl (C=O) groups is 3. The Morgan fingerprint density at radius 1 is 1.45 bits per heavy atom. The second-order valence-corrected chi connectivity index (χ2v) is 9.80. The molecule has 29 heavy (non-hydrogen) atoms. The van der Waals surface area contributed by atoms with E-state index in [2.05, 4.69) is 9.88 Å². The van der Waals surface area contributed by atoms with Crippen molar-refractivity contribution in [2.45, 2.75) is 37.7 Å². The van der Waals surface area contributed by atoms with Gasteiger partial charge in [0.25, 0.3) is 5.91 Å². The smallest absolute Gasteiger partial charge is 0.353 e. The summed E-state index contributed by atoms with van der Waals surface area (Å²) in [6.07, 6.45) is 0.0227. The minimum atomic E-state index is -1.11. The van der Waals surface area contributed by atoms with Gasteiger partial charge in [0.1, 0.15) is 11.4 Å². The van der Waals surface area contributed by atoms with Gasteiger partial charge in [-0.3, -0.25) is 9.59 Å². The van der Waals surface area contributed by atoms with Gasteiger partial charge in [-0.25, -0.2) is 9.78 Å². The predicted molar refractivity (Wildman–Crippen MR) is 108 cm³/mol. The highest BCUT2D eigenvalue weighted by molar-refractivity contribution is 8.03. The molecule has 11 heteroatoms. The fourth-order valence-corrected chi connectivity index (χ4v) is 6.72. The monoisotopic (exact) mass is 438 g/mol. The molecule has 4 rings (SSSR count). The topological polar surface area (TPSA) is 137 Å². The van der Waals surface area contributed by atoms with Crippen molar-refractivity contribution in [3.8, 4) is 0 Å². The lowest BCUT2D eigenvalue weighted by atomic mass is 9.79. The highest BCUT2D eigenvalue weighted by Gasteiger charge is 2.60. The fraction of sp³-hybridized carbons (Fsp3) is 0.556. The lowest BCUT2D eigenvalue weighted by Gasteiger charge is -2.46. The van der Waals surface area contributed by atoms with Crippen LogP contribution in [0.4, 0.5) is 5.13 Å². The van der Waals surface area contributed by atoms with Crippen LogP contribution in [0.2, 0.25) is 0 Å². The zero-order valence-electron chi connectivity index (χ0n) is 15.9. The maximum absolute atomic E-state index is 12.4. The van der Waals surface area contributed by atoms with Gasteiger partial charge in [-0.1, -0.05) is 6.92 Å². The molecule has 0 saturated carbocycles. The van der Waals surface area contributed by atoms with Crippen molar-refractivity contribution in [3.63, 3.8) is 0 Å². The summed E-state index contributed by atoms with van der Waals surface area (Å²) >= 11 is 2.86. The van der Waals surface area contributed by atoms with Gasteiger partial charge in [0, 0.05) is 34.5 Å². The van der Waals surface area contributed by atoms with Crippen LogP contribution in [0, 0.1) is 11.8 Å². The molecule has 0 aliphatic carbocycles. The van der Waals surface area contributed by atoms with E-state index in [-0.39, 0.29) is 34.5 Å². The van der Waals surface area contributed by atoms with Crippen molar-refractivity contribution in [2.24, 2.45) is 17.6 Å².